The van der Waals surface area contributed by atoms with Crippen LogP contribution in [0, 0.1) is 40.4 Å². The van der Waals surface area contributed by atoms with Crippen molar-refractivity contribution >= 4 is 0 Å². The van der Waals surface area contributed by atoms with Crippen LogP contribution in [0.5, 0.6) is 0 Å². The molecule has 5 saturated heterocycles. The van der Waals surface area contributed by atoms with Crippen LogP contribution in [0.25, 0.3) is 0 Å². The Morgan fingerprint density at radius 3 is 2.02 bits per heavy atom. The molecule has 0 bridgehead atoms. The molecule has 25 atom stereocenters. The number of aliphatic hydroxyl groups excluding tert-OH is 8. The Labute approximate surface area is 358 Å². The number of hydrogen-bond donors (Lipinski definition) is 8. The molecule has 0 aromatic heterocycles. The Kier molecular flexibility index (Phi) is 12.3. The lowest BCUT2D eigenvalue weighted by Gasteiger charge is -2.58. The monoisotopic (exact) mass is 866 g/mol. The van der Waals surface area contributed by atoms with Gasteiger partial charge in [-0.15, -0.1) is 0 Å². The summed E-state index contributed by atoms with van der Waals surface area (Å²) < 4.78 is 50.0. The summed E-state index contributed by atoms with van der Waals surface area (Å²) in [5.74, 6) is 1.90. The van der Waals surface area contributed by atoms with E-state index in [1.165, 1.54) is 19.4 Å². The zero-order valence-corrected chi connectivity index (χ0v) is 36.1. The van der Waals surface area contributed by atoms with Gasteiger partial charge in [0, 0.05) is 12.3 Å². The van der Waals surface area contributed by atoms with Crippen molar-refractivity contribution in [1.82, 2.24) is 0 Å². The fourth-order valence-electron chi connectivity index (χ4n) is 13.8. The van der Waals surface area contributed by atoms with E-state index < -0.39 is 105 Å². The molecule has 3 saturated carbocycles. The average Bonchev–Trinajstić information content (AvgIpc) is 3.69. The predicted molar refractivity (Wildman–Crippen MR) is 213 cm³/mol. The van der Waals surface area contributed by atoms with Gasteiger partial charge in [-0.25, -0.2) is 0 Å². The minimum atomic E-state index is -1.71. The van der Waals surface area contributed by atoms with Crippen molar-refractivity contribution in [2.75, 3.05) is 13.2 Å². The van der Waals surface area contributed by atoms with E-state index in [0.29, 0.717) is 49.0 Å². The summed E-state index contributed by atoms with van der Waals surface area (Å²) >= 11 is 0. The van der Waals surface area contributed by atoms with Crippen LogP contribution in [0.15, 0.2) is 23.8 Å². The highest BCUT2D eigenvalue weighted by molar-refractivity contribution is 5.26. The van der Waals surface area contributed by atoms with Crippen molar-refractivity contribution < 1.29 is 78.7 Å². The molecule has 8 fully saturated rings. The number of fused-ring (bicyclic) bond motifs is 7. The maximum absolute atomic E-state index is 12.0. The predicted octanol–water partition coefficient (Wildman–Crippen LogP) is 1.16. The highest BCUT2D eigenvalue weighted by Gasteiger charge is 2.69. The van der Waals surface area contributed by atoms with Crippen LogP contribution < -0.4 is 0 Å². The molecule has 61 heavy (non-hydrogen) atoms. The van der Waals surface area contributed by atoms with Gasteiger partial charge in [0.05, 0.1) is 37.6 Å². The van der Waals surface area contributed by atoms with Crippen molar-refractivity contribution in [2.45, 2.75) is 203 Å². The van der Waals surface area contributed by atoms with Crippen LogP contribution in [-0.4, -0.2) is 164 Å². The molecule has 0 aromatic carbocycles. The molecule has 5 unspecified atom stereocenters. The summed E-state index contributed by atoms with van der Waals surface area (Å²) in [7, 11) is 0. The fraction of sp³-hybridized carbons (Fsp3) is 0.911. The molecule has 5 aliphatic heterocycles. The second-order valence-corrected chi connectivity index (χ2v) is 20.6. The van der Waals surface area contributed by atoms with Gasteiger partial charge in [-0.3, -0.25) is 0 Å². The van der Waals surface area contributed by atoms with Crippen LogP contribution in [-0.2, 0) is 37.9 Å². The minimum absolute atomic E-state index is 0.0268. The van der Waals surface area contributed by atoms with Crippen LogP contribution in [0.4, 0.5) is 0 Å². The highest BCUT2D eigenvalue weighted by Crippen LogP contribution is 2.70. The Hall–Kier alpha value is -1.16. The number of aliphatic hydroxyl groups is 8. The van der Waals surface area contributed by atoms with E-state index in [1.54, 1.807) is 0 Å². The van der Waals surface area contributed by atoms with Crippen LogP contribution in [0.2, 0.25) is 0 Å². The lowest BCUT2D eigenvalue weighted by molar-refractivity contribution is -0.388. The summed E-state index contributed by atoms with van der Waals surface area (Å²) in [5.41, 5.74) is 2.63. The summed E-state index contributed by atoms with van der Waals surface area (Å²) in [4.78, 5) is 0. The number of allylic oxidation sites excluding steroid dienone is 1. The second kappa shape index (κ2) is 16.6. The first-order chi connectivity index (χ1) is 28.9. The van der Waals surface area contributed by atoms with Crippen LogP contribution in [0.1, 0.15) is 92.4 Å². The first kappa shape index (κ1) is 45.0. The number of hydrogen-bond acceptors (Lipinski definition) is 16. The molecule has 5 heterocycles. The highest BCUT2D eigenvalue weighted by atomic mass is 16.8. The van der Waals surface area contributed by atoms with Gasteiger partial charge in [-0.05, 0) is 99.7 Å². The fourth-order valence-corrected chi connectivity index (χ4v) is 13.8. The van der Waals surface area contributed by atoms with Crippen molar-refractivity contribution in [1.29, 1.82) is 0 Å². The smallest absolute Gasteiger partial charge is 0.187 e. The average molecular weight is 867 g/mol. The lowest BCUT2D eigenvalue weighted by atomic mass is 9.47. The summed E-state index contributed by atoms with van der Waals surface area (Å²) in [6.07, 6.45) is -10.8. The summed E-state index contributed by atoms with van der Waals surface area (Å²) in [6, 6.07) is 0. The molecule has 0 radical (unpaired) electrons. The third-order valence-corrected chi connectivity index (χ3v) is 17.4. The van der Waals surface area contributed by atoms with E-state index in [1.807, 2.05) is 0 Å². The van der Waals surface area contributed by atoms with E-state index in [9.17, 15) is 40.9 Å². The van der Waals surface area contributed by atoms with Gasteiger partial charge in [0.2, 0.25) is 0 Å². The van der Waals surface area contributed by atoms with E-state index in [2.05, 4.69) is 33.4 Å². The second-order valence-electron chi connectivity index (χ2n) is 20.6. The molecule has 4 aliphatic carbocycles. The van der Waals surface area contributed by atoms with Crippen molar-refractivity contribution in [3.63, 3.8) is 0 Å². The Balaban J connectivity index is 0.917. The molecule has 0 amide bonds. The van der Waals surface area contributed by atoms with E-state index in [0.717, 1.165) is 50.5 Å². The van der Waals surface area contributed by atoms with Gasteiger partial charge in [0.1, 0.15) is 61.0 Å². The first-order valence-electron chi connectivity index (χ1n) is 22.9. The Bertz CT molecular complexity index is 1640. The third-order valence-electron chi connectivity index (χ3n) is 17.4. The minimum Gasteiger partial charge on any atom is -0.394 e. The van der Waals surface area contributed by atoms with Gasteiger partial charge in [-0.2, -0.15) is 0 Å². The number of rotatable bonds is 7. The molecule has 9 rings (SSSR count). The molecule has 16 heteroatoms. The van der Waals surface area contributed by atoms with Crippen LogP contribution >= 0.6 is 0 Å². The Morgan fingerprint density at radius 1 is 0.738 bits per heavy atom. The van der Waals surface area contributed by atoms with Crippen molar-refractivity contribution in [3.8, 4) is 0 Å². The molecule has 8 N–H and O–H groups in total. The van der Waals surface area contributed by atoms with E-state index in [4.69, 9.17) is 37.9 Å². The SMILES string of the molecule is C=C1CC[C@@]2(OC1)OC1CC3C4CC=C5C[C@@H](O[C@@H]6O[C@H](CO)[C@@H](O[C@@H]7O[C@@H](C)[C@H](O)[C@@H](O)[C@H]7O)[C@H](O)[C@H]6O[C@@H]6O[C@@H](C)[C@H](O)[C@@H](O)[C@H]6O)CC[C@]5(C)C4CC[C@]3(C)C1[C@@H]2C. The van der Waals surface area contributed by atoms with Crippen molar-refractivity contribution in [2.24, 2.45) is 40.4 Å². The quantitative estimate of drug-likeness (QED) is 0.168. The lowest BCUT2D eigenvalue weighted by Crippen LogP contribution is -2.66. The molecular formula is C45H70O16. The maximum atomic E-state index is 12.0. The molecule has 0 aromatic rings. The molecular weight excluding hydrogens is 796 g/mol. The van der Waals surface area contributed by atoms with Gasteiger partial charge >= 0.3 is 0 Å². The zero-order chi connectivity index (χ0) is 43.5. The normalized spacial score (nSPS) is 57.2. The van der Waals surface area contributed by atoms with Gasteiger partial charge in [0.25, 0.3) is 0 Å². The molecule has 9 aliphatic rings. The first-order valence-corrected chi connectivity index (χ1v) is 22.9. The van der Waals surface area contributed by atoms with Crippen molar-refractivity contribution in [3.05, 3.63) is 23.8 Å². The van der Waals surface area contributed by atoms with E-state index >= 15 is 0 Å². The molecule has 16 nitrogen and oxygen atoms in total. The van der Waals surface area contributed by atoms with Gasteiger partial charge in [0.15, 0.2) is 24.7 Å². The van der Waals surface area contributed by atoms with Gasteiger partial charge in [-0.1, -0.05) is 44.6 Å². The van der Waals surface area contributed by atoms with Gasteiger partial charge < -0.3 is 78.7 Å². The summed E-state index contributed by atoms with van der Waals surface area (Å²) in [6.45, 7) is 14.4. The summed E-state index contributed by atoms with van der Waals surface area (Å²) in [5, 5.41) is 85.9. The van der Waals surface area contributed by atoms with Crippen LogP contribution in [0.3, 0.4) is 0 Å². The Morgan fingerprint density at radius 2 is 1.39 bits per heavy atom. The zero-order valence-electron chi connectivity index (χ0n) is 36.1. The molecule has 1 spiro atoms. The van der Waals surface area contributed by atoms with E-state index in [-0.39, 0.29) is 23.0 Å². The standard InChI is InChI=1S/C45H70O16/c1-19-9-14-45(54-18-19)20(2)30-28(61-45)16-27-25-8-7-23-15-24(10-12-43(23,5)26(25)11-13-44(27,30)6)57-42-39(60-41-36(52)34(50)32(48)22(4)56-41)37(53)38(29(17-46)58-42)59-40-35(51)33(49)31(47)21(3)55-40/h7,20-22,24-42,46-53H,1,8-18H2,2-6H3/t20-,21-,22-,24-,25?,26?,27?,28?,29+,30?,31-,32-,33+,34+,35+,36+,37-,38+,39+,40-,41-,42+,43-,44-,45+/m0/s1. The third kappa shape index (κ3) is 7.35. The number of ether oxygens (including phenoxy) is 8. The maximum Gasteiger partial charge on any atom is 0.187 e. The molecule has 346 valence electrons. The topological polar surface area (TPSA) is 236 Å². The largest absolute Gasteiger partial charge is 0.394 e.